The van der Waals surface area contributed by atoms with Crippen LogP contribution in [-0.4, -0.2) is 0 Å². The van der Waals surface area contributed by atoms with Crippen LogP contribution in [0.3, 0.4) is 0 Å². The molecule has 3 aromatic rings. The van der Waals surface area contributed by atoms with Crippen LogP contribution in [0.5, 0.6) is 0 Å². The van der Waals surface area contributed by atoms with Crippen LogP contribution in [0.15, 0.2) is 36.4 Å². The number of fused-ring (bicyclic) bond motifs is 3. The standard InChI is InChI=1S/C22H18Br4/c1-11(25)16-7-5-13-6-8-17(12(2)26)22-18(13)21(16)19-14(9-23)3-4-15(10-24)20(19)22/h3-8,11-12H,9-10H2,1-2H3. The molecule has 1 aliphatic carbocycles. The first-order valence-corrected chi connectivity index (χ1v) is 12.7. The molecule has 4 rings (SSSR count). The molecule has 0 bridgehead atoms. The van der Waals surface area contributed by atoms with Gasteiger partial charge in [-0.05, 0) is 69.1 Å². The average Bonchev–Trinajstić information content (AvgIpc) is 2.99. The molecule has 0 aromatic heterocycles. The van der Waals surface area contributed by atoms with Crippen molar-refractivity contribution in [3.05, 3.63) is 58.7 Å². The predicted octanol–water partition coefficient (Wildman–Crippen LogP) is 9.19. The van der Waals surface area contributed by atoms with Crippen LogP contribution in [0.1, 0.15) is 45.8 Å². The van der Waals surface area contributed by atoms with Crippen molar-refractivity contribution in [3.63, 3.8) is 0 Å². The summed E-state index contributed by atoms with van der Waals surface area (Å²) >= 11 is 15.1. The summed E-state index contributed by atoms with van der Waals surface area (Å²) in [5, 5.41) is 4.44. The van der Waals surface area contributed by atoms with Gasteiger partial charge in [0.15, 0.2) is 0 Å². The number of rotatable bonds is 4. The minimum atomic E-state index is 0.307. The molecule has 1 aliphatic rings. The van der Waals surface area contributed by atoms with E-state index in [4.69, 9.17) is 0 Å². The maximum atomic E-state index is 3.83. The molecule has 134 valence electrons. The molecular formula is C22H18Br4. The van der Waals surface area contributed by atoms with Gasteiger partial charge in [-0.1, -0.05) is 100 Å². The summed E-state index contributed by atoms with van der Waals surface area (Å²) in [5.74, 6) is 0. The van der Waals surface area contributed by atoms with Crippen molar-refractivity contribution in [2.24, 2.45) is 0 Å². The zero-order valence-corrected chi connectivity index (χ0v) is 20.9. The zero-order chi connectivity index (χ0) is 18.6. The molecule has 0 spiro atoms. The van der Waals surface area contributed by atoms with Gasteiger partial charge in [0.2, 0.25) is 0 Å². The Morgan fingerprint density at radius 1 is 0.654 bits per heavy atom. The molecule has 0 fully saturated rings. The molecule has 4 heteroatoms. The van der Waals surface area contributed by atoms with E-state index in [1.54, 1.807) is 0 Å². The van der Waals surface area contributed by atoms with Gasteiger partial charge in [0, 0.05) is 20.3 Å². The third-order valence-corrected chi connectivity index (χ3v) is 7.47. The summed E-state index contributed by atoms with van der Waals surface area (Å²) in [6.45, 7) is 4.43. The van der Waals surface area contributed by atoms with Gasteiger partial charge >= 0.3 is 0 Å². The fourth-order valence-electron chi connectivity index (χ4n) is 4.13. The smallest absolute Gasteiger partial charge is 0.0373 e. The van der Waals surface area contributed by atoms with Crippen molar-refractivity contribution in [1.82, 2.24) is 0 Å². The van der Waals surface area contributed by atoms with Crippen molar-refractivity contribution >= 4 is 74.5 Å². The number of hydrogen-bond donors (Lipinski definition) is 0. The van der Waals surface area contributed by atoms with E-state index in [0.29, 0.717) is 9.65 Å². The van der Waals surface area contributed by atoms with E-state index in [-0.39, 0.29) is 0 Å². The zero-order valence-electron chi connectivity index (χ0n) is 14.5. The van der Waals surface area contributed by atoms with Crippen LogP contribution in [-0.2, 0) is 10.7 Å². The molecule has 0 aliphatic heterocycles. The third kappa shape index (κ3) is 2.78. The minimum Gasteiger partial charge on any atom is -0.0876 e. The van der Waals surface area contributed by atoms with E-state index in [0.717, 1.165) is 10.7 Å². The molecule has 3 aromatic carbocycles. The third-order valence-electron chi connectivity index (χ3n) is 5.27. The van der Waals surface area contributed by atoms with Crippen LogP contribution in [0, 0.1) is 0 Å². The van der Waals surface area contributed by atoms with Gasteiger partial charge in [0.05, 0.1) is 0 Å². The van der Waals surface area contributed by atoms with Crippen molar-refractivity contribution < 1.29 is 0 Å². The average molecular weight is 602 g/mol. The van der Waals surface area contributed by atoms with Crippen LogP contribution >= 0.6 is 63.7 Å². The van der Waals surface area contributed by atoms with Crippen molar-refractivity contribution in [2.45, 2.75) is 34.2 Å². The number of hydrogen-bond acceptors (Lipinski definition) is 0. The maximum absolute atomic E-state index is 3.83. The molecule has 0 heterocycles. The highest BCUT2D eigenvalue weighted by Gasteiger charge is 2.31. The Labute approximate surface area is 188 Å². The Morgan fingerprint density at radius 3 is 1.42 bits per heavy atom. The number of halogens is 4. The second-order valence-corrected chi connectivity index (χ2v) is 10.7. The minimum absolute atomic E-state index is 0.307. The van der Waals surface area contributed by atoms with E-state index in [2.05, 4.69) is 114 Å². The normalized spacial score (nSPS) is 14.5. The summed E-state index contributed by atoms with van der Waals surface area (Å²) in [5.41, 5.74) is 11.1. The Morgan fingerprint density at radius 2 is 1.08 bits per heavy atom. The number of benzene rings is 3. The summed E-state index contributed by atoms with van der Waals surface area (Å²) in [4.78, 5) is 0.614. The molecular weight excluding hydrogens is 584 g/mol. The fourth-order valence-corrected chi connectivity index (χ4v) is 5.83. The topological polar surface area (TPSA) is 0 Å². The molecule has 0 amide bonds. The van der Waals surface area contributed by atoms with Gasteiger partial charge in [0.25, 0.3) is 0 Å². The van der Waals surface area contributed by atoms with Gasteiger partial charge in [0.1, 0.15) is 0 Å². The second-order valence-electron chi connectivity index (χ2n) is 6.79. The fraction of sp³-hybridized carbons (Fsp3) is 0.273. The Bertz CT molecular complexity index is 941. The maximum Gasteiger partial charge on any atom is 0.0373 e. The Balaban J connectivity index is 2.28. The Kier molecular flexibility index (Phi) is 5.42. The van der Waals surface area contributed by atoms with Crippen molar-refractivity contribution in [1.29, 1.82) is 0 Å². The molecule has 0 radical (unpaired) electrons. The molecule has 0 N–H and O–H groups in total. The van der Waals surface area contributed by atoms with Gasteiger partial charge in [-0.2, -0.15) is 0 Å². The molecule has 2 atom stereocenters. The van der Waals surface area contributed by atoms with E-state index < -0.39 is 0 Å². The van der Waals surface area contributed by atoms with Gasteiger partial charge in [-0.25, -0.2) is 0 Å². The second kappa shape index (κ2) is 7.35. The first-order valence-electron chi connectivity index (χ1n) is 8.64. The predicted molar refractivity (Wildman–Crippen MR) is 128 cm³/mol. The highest BCUT2D eigenvalue weighted by molar-refractivity contribution is 9.09. The SMILES string of the molecule is CC(Br)c1ccc2ccc(C(C)Br)c3c2c1-c1c(CBr)ccc(CBr)c1-3. The van der Waals surface area contributed by atoms with Crippen LogP contribution < -0.4 is 0 Å². The quantitative estimate of drug-likeness (QED) is 0.205. The largest absolute Gasteiger partial charge is 0.0876 e. The van der Waals surface area contributed by atoms with Gasteiger partial charge in [-0.15, -0.1) is 0 Å². The van der Waals surface area contributed by atoms with Crippen LogP contribution in [0.2, 0.25) is 0 Å². The summed E-state index contributed by atoms with van der Waals surface area (Å²) in [6.07, 6.45) is 0. The first-order chi connectivity index (χ1) is 12.5. The summed E-state index contributed by atoms with van der Waals surface area (Å²) in [6, 6.07) is 13.7. The molecule has 0 nitrogen and oxygen atoms in total. The lowest BCUT2D eigenvalue weighted by Gasteiger charge is -2.16. The lowest BCUT2D eigenvalue weighted by Crippen LogP contribution is -1.95. The molecule has 0 saturated carbocycles. The van der Waals surface area contributed by atoms with E-state index in [1.807, 2.05) is 0 Å². The van der Waals surface area contributed by atoms with E-state index >= 15 is 0 Å². The van der Waals surface area contributed by atoms with E-state index in [9.17, 15) is 0 Å². The highest BCUT2D eigenvalue weighted by Crippen LogP contribution is 2.56. The van der Waals surface area contributed by atoms with E-state index in [1.165, 1.54) is 55.3 Å². The van der Waals surface area contributed by atoms with Crippen molar-refractivity contribution in [2.75, 3.05) is 0 Å². The summed E-state index contributed by atoms with van der Waals surface area (Å²) in [7, 11) is 0. The monoisotopic (exact) mass is 598 g/mol. The first kappa shape index (κ1) is 19.2. The molecule has 2 unspecified atom stereocenters. The Hall–Kier alpha value is -0.160. The molecule has 0 saturated heterocycles. The summed E-state index contributed by atoms with van der Waals surface area (Å²) < 4.78 is 0. The van der Waals surface area contributed by atoms with Gasteiger partial charge < -0.3 is 0 Å². The van der Waals surface area contributed by atoms with Crippen LogP contribution in [0.25, 0.3) is 33.0 Å². The highest BCUT2D eigenvalue weighted by atomic mass is 79.9. The van der Waals surface area contributed by atoms with Crippen LogP contribution in [0.4, 0.5) is 0 Å². The van der Waals surface area contributed by atoms with Crippen molar-refractivity contribution in [3.8, 4) is 22.3 Å². The lowest BCUT2D eigenvalue weighted by atomic mass is 9.92. The molecule has 26 heavy (non-hydrogen) atoms. The lowest BCUT2D eigenvalue weighted by molar-refractivity contribution is 1.13. The number of alkyl halides is 4. The van der Waals surface area contributed by atoms with Gasteiger partial charge in [-0.3, -0.25) is 0 Å².